The Labute approximate surface area is 69.3 Å². The van der Waals surface area contributed by atoms with Crippen molar-refractivity contribution in [2.24, 2.45) is 5.92 Å². The molecule has 0 amide bonds. The lowest BCUT2D eigenvalue weighted by Crippen LogP contribution is -2.15. The van der Waals surface area contributed by atoms with Gasteiger partial charge in [-0.05, 0) is 0 Å². The van der Waals surface area contributed by atoms with Crippen molar-refractivity contribution < 1.29 is 4.79 Å². The largest absolute Gasteiger partial charge is 0.303 e. The van der Waals surface area contributed by atoms with Gasteiger partial charge in [-0.15, -0.1) is 0 Å². The first-order valence-electron chi connectivity index (χ1n) is 2.49. The fraction of sp³-hybridized carbons (Fsp3) is 0.800. The van der Waals surface area contributed by atoms with Gasteiger partial charge in [0.1, 0.15) is 6.29 Å². The Bertz CT molecular complexity index is 96.9. The van der Waals surface area contributed by atoms with Gasteiger partial charge < -0.3 is 4.79 Å². The van der Waals surface area contributed by atoms with Crippen LogP contribution in [0.15, 0.2) is 0 Å². The quantitative estimate of drug-likeness (QED) is 0.482. The summed E-state index contributed by atoms with van der Waals surface area (Å²) in [5.41, 5.74) is 0. The summed E-state index contributed by atoms with van der Waals surface area (Å²) >= 11 is 16.3. The van der Waals surface area contributed by atoms with Gasteiger partial charge in [-0.2, -0.15) is 0 Å². The molecule has 9 heavy (non-hydrogen) atoms. The maximum Gasteiger partial charge on any atom is 0.193 e. The van der Waals surface area contributed by atoms with Crippen LogP contribution in [0.5, 0.6) is 0 Å². The molecule has 0 bridgehead atoms. The first kappa shape index (κ1) is 9.54. The van der Waals surface area contributed by atoms with Gasteiger partial charge in [-0.3, -0.25) is 0 Å². The molecule has 1 nitrogen and oxygen atoms in total. The van der Waals surface area contributed by atoms with E-state index in [9.17, 15) is 4.79 Å². The predicted octanol–water partition coefficient (Wildman–Crippen LogP) is 2.58. The summed E-state index contributed by atoms with van der Waals surface area (Å²) in [5, 5.41) is 0. The number of rotatable bonds is 2. The highest BCUT2D eigenvalue weighted by molar-refractivity contribution is 6.67. The number of alkyl halides is 3. The number of halogens is 3. The Balaban J connectivity index is 3.72. The van der Waals surface area contributed by atoms with Crippen LogP contribution in [0.2, 0.25) is 0 Å². The second-order valence-electron chi connectivity index (χ2n) is 1.85. The highest BCUT2D eigenvalue weighted by Crippen LogP contribution is 2.35. The molecule has 1 unspecified atom stereocenters. The molecule has 0 N–H and O–H groups in total. The zero-order valence-electron chi connectivity index (χ0n) is 4.90. The number of hydrogen-bond donors (Lipinski definition) is 0. The van der Waals surface area contributed by atoms with Gasteiger partial charge in [0.05, 0.1) is 0 Å². The zero-order chi connectivity index (χ0) is 7.49. The van der Waals surface area contributed by atoms with Crippen LogP contribution < -0.4 is 0 Å². The van der Waals surface area contributed by atoms with Gasteiger partial charge in [0, 0.05) is 12.3 Å². The number of carbonyl (C=O) groups is 1. The molecule has 0 aromatic carbocycles. The molecule has 0 fully saturated rings. The number of hydrogen-bond acceptors (Lipinski definition) is 1. The van der Waals surface area contributed by atoms with Gasteiger partial charge in [-0.25, -0.2) is 0 Å². The van der Waals surface area contributed by atoms with Crippen molar-refractivity contribution in [2.45, 2.75) is 17.1 Å². The van der Waals surface area contributed by atoms with Crippen LogP contribution in [0.25, 0.3) is 0 Å². The first-order valence-corrected chi connectivity index (χ1v) is 3.62. The van der Waals surface area contributed by atoms with E-state index in [1.165, 1.54) is 0 Å². The normalized spacial score (nSPS) is 15.1. The van der Waals surface area contributed by atoms with Gasteiger partial charge in [0.15, 0.2) is 3.79 Å². The third-order valence-electron chi connectivity index (χ3n) is 1.01. The molecule has 0 spiro atoms. The second kappa shape index (κ2) is 3.65. The summed E-state index contributed by atoms with van der Waals surface area (Å²) < 4.78 is -1.30. The van der Waals surface area contributed by atoms with Crippen LogP contribution >= 0.6 is 34.8 Å². The van der Waals surface area contributed by atoms with E-state index < -0.39 is 3.79 Å². The van der Waals surface area contributed by atoms with Crippen molar-refractivity contribution >= 4 is 41.1 Å². The first-order chi connectivity index (χ1) is 3.98. The molecule has 1 atom stereocenters. The van der Waals surface area contributed by atoms with E-state index in [-0.39, 0.29) is 12.3 Å². The van der Waals surface area contributed by atoms with E-state index in [1.807, 2.05) is 0 Å². The van der Waals surface area contributed by atoms with Crippen molar-refractivity contribution in [3.8, 4) is 0 Å². The Hall–Kier alpha value is 0.540. The minimum absolute atomic E-state index is 0.208. The third kappa shape index (κ3) is 4.01. The fourth-order valence-electron chi connectivity index (χ4n) is 0.278. The van der Waals surface area contributed by atoms with Crippen LogP contribution in [-0.2, 0) is 4.79 Å². The molecule has 0 radical (unpaired) electrons. The number of aldehydes is 1. The third-order valence-corrected chi connectivity index (χ3v) is 2.13. The van der Waals surface area contributed by atoms with Crippen LogP contribution in [0.1, 0.15) is 13.3 Å². The van der Waals surface area contributed by atoms with E-state index >= 15 is 0 Å². The minimum atomic E-state index is -1.30. The predicted molar refractivity (Wildman–Crippen MR) is 40.1 cm³/mol. The van der Waals surface area contributed by atoms with Crippen LogP contribution in [0.3, 0.4) is 0 Å². The Morgan fingerprint density at radius 3 is 2.11 bits per heavy atom. The van der Waals surface area contributed by atoms with Crippen molar-refractivity contribution in [1.82, 2.24) is 0 Å². The van der Waals surface area contributed by atoms with Crippen LogP contribution in [0, 0.1) is 5.92 Å². The maximum atomic E-state index is 9.89. The molecule has 0 aliphatic rings. The van der Waals surface area contributed by atoms with Crippen molar-refractivity contribution in [1.29, 1.82) is 0 Å². The van der Waals surface area contributed by atoms with E-state index in [0.717, 1.165) is 6.29 Å². The zero-order valence-corrected chi connectivity index (χ0v) is 7.17. The molecule has 0 heterocycles. The molecular weight excluding hydrogens is 182 g/mol. The lowest BCUT2D eigenvalue weighted by Gasteiger charge is -2.16. The van der Waals surface area contributed by atoms with Gasteiger partial charge in [0.25, 0.3) is 0 Å². The molecule has 4 heteroatoms. The monoisotopic (exact) mass is 188 g/mol. The molecular formula is C5H7Cl3O. The van der Waals surface area contributed by atoms with E-state index in [4.69, 9.17) is 34.8 Å². The fourth-order valence-corrected chi connectivity index (χ4v) is 0.545. The molecule has 0 aliphatic heterocycles. The molecule has 0 saturated carbocycles. The summed E-state index contributed by atoms with van der Waals surface area (Å²) in [6, 6.07) is 0. The number of carbonyl (C=O) groups excluding carboxylic acids is 1. The van der Waals surface area contributed by atoms with Crippen molar-refractivity contribution in [3.63, 3.8) is 0 Å². The molecule has 0 rings (SSSR count). The summed E-state index contributed by atoms with van der Waals surface area (Å²) in [6.07, 6.45) is 1.03. The Morgan fingerprint density at radius 1 is 1.56 bits per heavy atom. The summed E-state index contributed by atoms with van der Waals surface area (Å²) in [7, 11) is 0. The molecule has 0 aromatic heterocycles. The standard InChI is InChI=1S/C5H7Cl3O/c1-4(2-3-9)5(6,7)8/h3-4H,2H2,1H3. The SMILES string of the molecule is CC(CC=O)C(Cl)(Cl)Cl. The summed E-state index contributed by atoms with van der Waals surface area (Å²) in [5.74, 6) is -0.208. The highest BCUT2D eigenvalue weighted by atomic mass is 35.6. The van der Waals surface area contributed by atoms with Gasteiger partial charge in [-0.1, -0.05) is 41.7 Å². The maximum absolute atomic E-state index is 9.89. The molecule has 54 valence electrons. The van der Waals surface area contributed by atoms with E-state index in [1.54, 1.807) is 6.92 Å². The van der Waals surface area contributed by atoms with Crippen LogP contribution in [0.4, 0.5) is 0 Å². The van der Waals surface area contributed by atoms with Crippen molar-refractivity contribution in [2.75, 3.05) is 0 Å². The Morgan fingerprint density at radius 2 is 2.00 bits per heavy atom. The topological polar surface area (TPSA) is 17.1 Å². The van der Waals surface area contributed by atoms with Gasteiger partial charge >= 0.3 is 0 Å². The minimum Gasteiger partial charge on any atom is -0.303 e. The summed E-state index contributed by atoms with van der Waals surface area (Å²) in [6.45, 7) is 1.71. The smallest absolute Gasteiger partial charge is 0.193 e. The average molecular weight is 189 g/mol. The lowest BCUT2D eigenvalue weighted by molar-refractivity contribution is -0.108. The van der Waals surface area contributed by atoms with Crippen molar-refractivity contribution in [3.05, 3.63) is 0 Å². The molecule has 0 aliphatic carbocycles. The molecule has 0 aromatic rings. The van der Waals surface area contributed by atoms with E-state index in [0.29, 0.717) is 0 Å². The lowest BCUT2D eigenvalue weighted by atomic mass is 10.1. The average Bonchev–Trinajstić information content (AvgIpc) is 1.64. The van der Waals surface area contributed by atoms with Crippen LogP contribution in [-0.4, -0.2) is 10.1 Å². The molecule has 0 saturated heterocycles. The van der Waals surface area contributed by atoms with Gasteiger partial charge in [0.2, 0.25) is 0 Å². The van der Waals surface area contributed by atoms with E-state index in [2.05, 4.69) is 0 Å². The summed E-state index contributed by atoms with van der Waals surface area (Å²) in [4.78, 5) is 9.89. The highest BCUT2D eigenvalue weighted by Gasteiger charge is 2.27. The Kier molecular flexibility index (Phi) is 3.86. The second-order valence-corrected chi connectivity index (χ2v) is 4.21.